The summed E-state index contributed by atoms with van der Waals surface area (Å²) < 4.78 is 45.1. The van der Waals surface area contributed by atoms with Gasteiger partial charge in [-0.05, 0) is 57.9 Å². The number of ether oxygens (including phenoxy) is 1. The van der Waals surface area contributed by atoms with Crippen molar-refractivity contribution in [2.45, 2.75) is 6.18 Å². The molecule has 4 amide bonds. The Balaban J connectivity index is 2.01. The lowest BCUT2D eigenvalue weighted by Crippen LogP contribution is -2.54. The highest BCUT2D eigenvalue weighted by atomic mass is 79.9. The number of terminal acetylenes is 1. The molecule has 2 aromatic carbocycles. The maximum Gasteiger partial charge on any atom is 0.416 e. The number of hydrogen-bond acceptors (Lipinski definition) is 4. The maximum atomic E-state index is 13.1. The average molecular weight is 528 g/mol. The zero-order valence-electron chi connectivity index (χ0n) is 15.8. The molecule has 1 heterocycles. The number of urea groups is 1. The summed E-state index contributed by atoms with van der Waals surface area (Å²) in [4.78, 5) is 37.9. The van der Waals surface area contributed by atoms with Crippen LogP contribution in [-0.4, -0.2) is 24.5 Å². The molecule has 1 saturated heterocycles. The van der Waals surface area contributed by atoms with Crippen molar-refractivity contribution < 1.29 is 32.3 Å². The number of nitrogens with zero attached hydrogens (tertiary/aromatic N) is 1. The molecule has 11 heteroatoms. The molecule has 0 radical (unpaired) electrons. The predicted molar refractivity (Wildman–Crippen MR) is 114 cm³/mol. The smallest absolute Gasteiger partial charge is 0.416 e. The molecule has 164 valence electrons. The van der Waals surface area contributed by atoms with Gasteiger partial charge in [-0.1, -0.05) is 23.6 Å². The minimum Gasteiger partial charge on any atom is -0.480 e. The second kappa shape index (κ2) is 9.06. The second-order valence-electron chi connectivity index (χ2n) is 6.30. The molecule has 3 rings (SSSR count). The zero-order chi connectivity index (χ0) is 23.6. The van der Waals surface area contributed by atoms with Crippen LogP contribution in [0.25, 0.3) is 6.08 Å². The number of nitrogens with one attached hydrogen (secondary N) is 1. The fourth-order valence-corrected chi connectivity index (χ4v) is 3.46. The third-order valence-corrected chi connectivity index (χ3v) is 5.13. The molecule has 0 spiro atoms. The zero-order valence-corrected chi connectivity index (χ0v) is 18.1. The Morgan fingerprint density at radius 1 is 1.19 bits per heavy atom. The number of imide groups is 2. The van der Waals surface area contributed by atoms with Gasteiger partial charge in [0.15, 0.2) is 0 Å². The lowest BCUT2D eigenvalue weighted by molar-refractivity contribution is -0.137. The number of benzene rings is 2. The SMILES string of the molecule is C#CCOc1ccc(/C=C2/C(=O)NC(=O)N(c3cc(C(F)(F)F)ccc3Cl)C2=O)cc1Br. The fraction of sp³-hybridized carbons (Fsp3) is 0.0952. The van der Waals surface area contributed by atoms with Crippen LogP contribution in [0.4, 0.5) is 23.7 Å². The number of rotatable bonds is 4. The lowest BCUT2D eigenvalue weighted by Gasteiger charge is -2.27. The molecule has 1 N–H and O–H groups in total. The number of carbonyl (C=O) groups is 3. The van der Waals surface area contributed by atoms with E-state index in [1.54, 1.807) is 0 Å². The molecule has 1 aliphatic rings. The average Bonchev–Trinajstić information content (AvgIpc) is 2.71. The van der Waals surface area contributed by atoms with Crippen LogP contribution in [0.1, 0.15) is 11.1 Å². The van der Waals surface area contributed by atoms with Crippen LogP contribution >= 0.6 is 27.5 Å². The van der Waals surface area contributed by atoms with Crippen LogP contribution in [0.15, 0.2) is 46.4 Å². The van der Waals surface area contributed by atoms with Gasteiger partial charge in [-0.3, -0.25) is 14.9 Å². The van der Waals surface area contributed by atoms with Crippen LogP contribution in [0.5, 0.6) is 5.75 Å². The standard InChI is InChI=1S/C21H11BrClF3N2O4/c1-2-7-32-17-6-3-11(9-14(17)22)8-13-18(29)27-20(31)28(19(13)30)16-10-12(21(24,25)26)4-5-15(16)23/h1,3-6,8-10H,7H2,(H,27,29,31)/b13-8-. The summed E-state index contributed by atoms with van der Waals surface area (Å²) in [6.45, 7) is 0.0226. The van der Waals surface area contributed by atoms with Crippen LogP contribution in [-0.2, 0) is 15.8 Å². The summed E-state index contributed by atoms with van der Waals surface area (Å²) in [6, 6.07) is 5.53. The van der Waals surface area contributed by atoms with Gasteiger partial charge in [0.2, 0.25) is 0 Å². The van der Waals surface area contributed by atoms with Gasteiger partial charge in [0.1, 0.15) is 17.9 Å². The van der Waals surface area contributed by atoms with Crippen molar-refractivity contribution in [2.75, 3.05) is 11.5 Å². The highest BCUT2D eigenvalue weighted by Crippen LogP contribution is 2.36. The van der Waals surface area contributed by atoms with Crippen molar-refractivity contribution in [3.8, 4) is 18.1 Å². The Labute approximate surface area is 193 Å². The first-order valence-corrected chi connectivity index (χ1v) is 9.84. The molecule has 0 saturated carbocycles. The monoisotopic (exact) mass is 526 g/mol. The Morgan fingerprint density at radius 2 is 1.91 bits per heavy atom. The number of carbonyl (C=O) groups excluding carboxylic acids is 3. The molecular formula is C21H11BrClF3N2O4. The summed E-state index contributed by atoms with van der Waals surface area (Å²) >= 11 is 9.22. The van der Waals surface area contributed by atoms with Gasteiger partial charge in [0.25, 0.3) is 11.8 Å². The predicted octanol–water partition coefficient (Wildman–Crippen LogP) is 4.80. The van der Waals surface area contributed by atoms with Crippen molar-refractivity contribution in [3.05, 3.63) is 62.6 Å². The lowest BCUT2D eigenvalue weighted by atomic mass is 10.1. The van der Waals surface area contributed by atoms with Gasteiger partial charge in [0.05, 0.1) is 20.7 Å². The third kappa shape index (κ3) is 4.79. The van der Waals surface area contributed by atoms with E-state index in [-0.39, 0.29) is 11.6 Å². The maximum absolute atomic E-state index is 13.1. The van der Waals surface area contributed by atoms with Crippen LogP contribution in [0.2, 0.25) is 5.02 Å². The van der Waals surface area contributed by atoms with Crippen molar-refractivity contribution in [3.63, 3.8) is 0 Å². The Kier molecular flexibility index (Phi) is 6.62. The number of halogens is 5. The molecule has 1 aliphatic heterocycles. The molecule has 0 unspecified atom stereocenters. The normalized spacial score (nSPS) is 15.6. The Morgan fingerprint density at radius 3 is 2.53 bits per heavy atom. The third-order valence-electron chi connectivity index (χ3n) is 4.19. The second-order valence-corrected chi connectivity index (χ2v) is 7.57. The number of hydrogen-bond donors (Lipinski definition) is 1. The van der Waals surface area contributed by atoms with Crippen LogP contribution < -0.4 is 15.0 Å². The van der Waals surface area contributed by atoms with E-state index >= 15 is 0 Å². The van der Waals surface area contributed by atoms with Crippen molar-refractivity contribution >= 4 is 57.1 Å². The molecule has 2 aromatic rings. The minimum atomic E-state index is -4.74. The highest BCUT2D eigenvalue weighted by molar-refractivity contribution is 9.10. The van der Waals surface area contributed by atoms with Crippen molar-refractivity contribution in [2.24, 2.45) is 0 Å². The van der Waals surface area contributed by atoms with Crippen molar-refractivity contribution in [1.82, 2.24) is 5.32 Å². The highest BCUT2D eigenvalue weighted by Gasteiger charge is 2.39. The molecule has 32 heavy (non-hydrogen) atoms. The van der Waals surface area contributed by atoms with Gasteiger partial charge in [-0.15, -0.1) is 6.42 Å². The summed E-state index contributed by atoms with van der Waals surface area (Å²) in [6.07, 6.45) is 1.58. The Hall–Kier alpha value is -3.29. The van der Waals surface area contributed by atoms with Gasteiger partial charge < -0.3 is 4.74 Å². The van der Waals surface area contributed by atoms with E-state index in [4.69, 9.17) is 22.8 Å². The summed E-state index contributed by atoms with van der Waals surface area (Å²) in [5.41, 5.74) is -1.75. The molecule has 0 atom stereocenters. The largest absolute Gasteiger partial charge is 0.480 e. The van der Waals surface area contributed by atoms with E-state index < -0.39 is 40.8 Å². The fourth-order valence-electron chi connectivity index (χ4n) is 2.75. The minimum absolute atomic E-state index is 0.0226. The Bertz CT molecular complexity index is 1200. The van der Waals surface area contributed by atoms with Crippen LogP contribution in [0.3, 0.4) is 0 Å². The van der Waals surface area contributed by atoms with Gasteiger partial charge in [-0.25, -0.2) is 9.69 Å². The molecule has 1 fully saturated rings. The first-order valence-electron chi connectivity index (χ1n) is 8.67. The topological polar surface area (TPSA) is 75.7 Å². The molecule has 0 aliphatic carbocycles. The molecule has 0 bridgehead atoms. The van der Waals surface area contributed by atoms with Gasteiger partial charge >= 0.3 is 12.2 Å². The summed E-state index contributed by atoms with van der Waals surface area (Å²) in [5, 5.41) is 1.64. The summed E-state index contributed by atoms with van der Waals surface area (Å²) in [7, 11) is 0. The first kappa shape index (κ1) is 23.4. The number of amides is 4. The first-order chi connectivity index (χ1) is 15.0. The molecular weight excluding hydrogens is 517 g/mol. The quantitative estimate of drug-likeness (QED) is 0.352. The molecule has 0 aromatic heterocycles. The number of alkyl halides is 3. The van der Waals surface area contributed by atoms with E-state index in [2.05, 4.69) is 21.9 Å². The summed E-state index contributed by atoms with van der Waals surface area (Å²) in [5.74, 6) is 0.574. The molecule has 6 nitrogen and oxygen atoms in total. The van der Waals surface area contributed by atoms with E-state index in [9.17, 15) is 27.6 Å². The van der Waals surface area contributed by atoms with E-state index in [1.807, 2.05) is 5.32 Å². The van der Waals surface area contributed by atoms with Gasteiger partial charge in [-0.2, -0.15) is 13.2 Å². The van der Waals surface area contributed by atoms with E-state index in [0.717, 1.165) is 6.07 Å². The van der Waals surface area contributed by atoms with Crippen molar-refractivity contribution in [1.29, 1.82) is 0 Å². The van der Waals surface area contributed by atoms with Crippen LogP contribution in [0, 0.1) is 12.3 Å². The van der Waals surface area contributed by atoms with E-state index in [1.165, 1.54) is 24.3 Å². The van der Waals surface area contributed by atoms with E-state index in [0.29, 0.717) is 32.8 Å². The number of barbiturate groups is 1. The number of anilines is 1. The van der Waals surface area contributed by atoms with Gasteiger partial charge in [0, 0.05) is 0 Å².